The van der Waals surface area contributed by atoms with E-state index >= 15 is 0 Å². The van der Waals surface area contributed by atoms with Crippen LogP contribution in [0.4, 0.5) is 0 Å². The minimum atomic E-state index is -0.138. The highest BCUT2D eigenvalue weighted by molar-refractivity contribution is 5.94. The van der Waals surface area contributed by atoms with E-state index in [1.165, 1.54) is 0 Å². The van der Waals surface area contributed by atoms with Crippen LogP contribution >= 0.6 is 0 Å². The van der Waals surface area contributed by atoms with Crippen LogP contribution in [0.3, 0.4) is 0 Å². The van der Waals surface area contributed by atoms with Crippen molar-refractivity contribution in [2.24, 2.45) is 0 Å². The van der Waals surface area contributed by atoms with E-state index in [9.17, 15) is 4.79 Å². The summed E-state index contributed by atoms with van der Waals surface area (Å²) >= 11 is 0. The summed E-state index contributed by atoms with van der Waals surface area (Å²) in [6.07, 6.45) is 3.51. The van der Waals surface area contributed by atoms with Gasteiger partial charge in [-0.25, -0.2) is 0 Å². The normalized spacial score (nSPS) is 10.2. The van der Waals surface area contributed by atoms with Crippen molar-refractivity contribution in [3.05, 3.63) is 89.7 Å². The number of carbonyl (C=O) groups excluding carboxylic acids is 1. The summed E-state index contributed by atoms with van der Waals surface area (Å²) < 4.78 is 10.9. The van der Waals surface area contributed by atoms with Gasteiger partial charge < -0.3 is 14.8 Å². The van der Waals surface area contributed by atoms with Crippen molar-refractivity contribution < 1.29 is 14.3 Å². The Labute approximate surface area is 152 Å². The van der Waals surface area contributed by atoms with Gasteiger partial charge in [0.15, 0.2) is 0 Å². The molecule has 0 bridgehead atoms. The van der Waals surface area contributed by atoms with E-state index in [1.54, 1.807) is 43.8 Å². The molecule has 3 rings (SSSR count). The lowest BCUT2D eigenvalue weighted by atomic mass is 10.2. The van der Waals surface area contributed by atoms with E-state index in [0.29, 0.717) is 24.5 Å². The summed E-state index contributed by atoms with van der Waals surface area (Å²) in [6, 6.07) is 18.6. The molecule has 0 radical (unpaired) electrons. The second kappa shape index (κ2) is 8.67. The summed E-state index contributed by atoms with van der Waals surface area (Å²) in [6.45, 7) is 0.915. The Bertz CT molecular complexity index is 849. The summed E-state index contributed by atoms with van der Waals surface area (Å²) in [5.41, 5.74) is 2.58. The Morgan fingerprint density at radius 1 is 1.00 bits per heavy atom. The molecule has 5 nitrogen and oxygen atoms in total. The largest absolute Gasteiger partial charge is 0.497 e. The predicted octanol–water partition coefficient (Wildman–Crippen LogP) is 3.60. The molecule has 1 heterocycles. The van der Waals surface area contributed by atoms with Crippen LogP contribution in [-0.2, 0) is 13.2 Å². The highest BCUT2D eigenvalue weighted by atomic mass is 16.5. The molecule has 0 aliphatic carbocycles. The van der Waals surface area contributed by atoms with Gasteiger partial charge in [-0.05, 0) is 42.0 Å². The number of amides is 1. The average molecular weight is 348 g/mol. The van der Waals surface area contributed by atoms with Crippen LogP contribution in [0.1, 0.15) is 21.5 Å². The smallest absolute Gasteiger partial charge is 0.251 e. The monoisotopic (exact) mass is 348 g/mol. The van der Waals surface area contributed by atoms with Crippen LogP contribution in [-0.4, -0.2) is 18.0 Å². The first kappa shape index (κ1) is 17.5. The van der Waals surface area contributed by atoms with Crippen molar-refractivity contribution in [1.82, 2.24) is 10.3 Å². The van der Waals surface area contributed by atoms with E-state index in [1.807, 2.05) is 36.4 Å². The molecule has 5 heteroatoms. The van der Waals surface area contributed by atoms with Crippen molar-refractivity contribution in [1.29, 1.82) is 0 Å². The van der Waals surface area contributed by atoms with E-state index in [2.05, 4.69) is 10.3 Å². The molecule has 0 fully saturated rings. The number of ether oxygens (including phenoxy) is 2. The second-order valence-corrected chi connectivity index (χ2v) is 5.71. The highest BCUT2D eigenvalue weighted by Crippen LogP contribution is 2.15. The SMILES string of the molecule is COc1cccc(C(=O)NCc2ccc(OCc3cccnc3)cc2)c1. The Hall–Kier alpha value is -3.34. The van der Waals surface area contributed by atoms with Crippen LogP contribution in [0.2, 0.25) is 0 Å². The van der Waals surface area contributed by atoms with Crippen LogP contribution in [0.15, 0.2) is 73.1 Å². The highest BCUT2D eigenvalue weighted by Gasteiger charge is 2.06. The lowest BCUT2D eigenvalue weighted by Crippen LogP contribution is -2.22. The first-order valence-corrected chi connectivity index (χ1v) is 8.27. The number of nitrogens with one attached hydrogen (secondary N) is 1. The molecule has 3 aromatic rings. The molecule has 0 saturated carbocycles. The van der Waals surface area contributed by atoms with E-state index < -0.39 is 0 Å². The number of methoxy groups -OCH3 is 1. The lowest BCUT2D eigenvalue weighted by molar-refractivity contribution is 0.0950. The molecule has 1 amide bonds. The molecule has 0 aliphatic rings. The number of hydrogen-bond donors (Lipinski definition) is 1. The standard InChI is InChI=1S/C21H20N2O3/c1-25-20-6-2-5-18(12-20)21(24)23-14-16-7-9-19(10-8-16)26-15-17-4-3-11-22-13-17/h2-13H,14-15H2,1H3,(H,23,24). The molecule has 0 spiro atoms. The number of pyridine rings is 1. The first-order chi connectivity index (χ1) is 12.7. The molecule has 1 aromatic heterocycles. The van der Waals surface area contributed by atoms with Crippen LogP contribution in [0, 0.1) is 0 Å². The minimum Gasteiger partial charge on any atom is -0.497 e. The average Bonchev–Trinajstić information content (AvgIpc) is 2.72. The third-order valence-electron chi connectivity index (χ3n) is 3.84. The zero-order valence-corrected chi connectivity index (χ0v) is 14.5. The zero-order chi connectivity index (χ0) is 18.2. The number of hydrogen-bond acceptors (Lipinski definition) is 4. The van der Waals surface area contributed by atoms with Gasteiger partial charge in [0, 0.05) is 30.1 Å². The van der Waals surface area contributed by atoms with Gasteiger partial charge in [-0.1, -0.05) is 24.3 Å². The van der Waals surface area contributed by atoms with Crippen molar-refractivity contribution in [3.63, 3.8) is 0 Å². The van der Waals surface area contributed by atoms with Crippen molar-refractivity contribution >= 4 is 5.91 Å². The molecule has 2 aromatic carbocycles. The predicted molar refractivity (Wildman–Crippen MR) is 99.2 cm³/mol. The van der Waals surface area contributed by atoms with Gasteiger partial charge in [-0.15, -0.1) is 0 Å². The molecule has 0 aliphatic heterocycles. The summed E-state index contributed by atoms with van der Waals surface area (Å²) in [5.74, 6) is 1.30. The van der Waals surface area contributed by atoms with Gasteiger partial charge in [0.25, 0.3) is 5.91 Å². The number of benzene rings is 2. The van der Waals surface area contributed by atoms with Crippen LogP contribution in [0.5, 0.6) is 11.5 Å². The van der Waals surface area contributed by atoms with Gasteiger partial charge >= 0.3 is 0 Å². The quantitative estimate of drug-likeness (QED) is 0.709. The molecule has 26 heavy (non-hydrogen) atoms. The van der Waals surface area contributed by atoms with Gasteiger partial charge in [0.05, 0.1) is 7.11 Å². The van der Waals surface area contributed by atoms with Crippen molar-refractivity contribution in [2.45, 2.75) is 13.2 Å². The maximum absolute atomic E-state index is 12.2. The van der Waals surface area contributed by atoms with E-state index in [-0.39, 0.29) is 5.91 Å². The van der Waals surface area contributed by atoms with E-state index in [4.69, 9.17) is 9.47 Å². The number of nitrogens with zero attached hydrogens (tertiary/aromatic N) is 1. The molecule has 1 N–H and O–H groups in total. The fraction of sp³-hybridized carbons (Fsp3) is 0.143. The Morgan fingerprint density at radius 3 is 2.58 bits per heavy atom. The third-order valence-corrected chi connectivity index (χ3v) is 3.84. The Kier molecular flexibility index (Phi) is 5.83. The zero-order valence-electron chi connectivity index (χ0n) is 14.5. The van der Waals surface area contributed by atoms with Crippen molar-refractivity contribution in [2.75, 3.05) is 7.11 Å². The molecular formula is C21H20N2O3. The van der Waals surface area contributed by atoms with Crippen molar-refractivity contribution in [3.8, 4) is 11.5 Å². The minimum absolute atomic E-state index is 0.138. The topological polar surface area (TPSA) is 60.5 Å². The summed E-state index contributed by atoms with van der Waals surface area (Å²) in [5, 5.41) is 2.90. The molecule has 0 unspecified atom stereocenters. The number of carbonyl (C=O) groups is 1. The van der Waals surface area contributed by atoms with Crippen LogP contribution < -0.4 is 14.8 Å². The third kappa shape index (κ3) is 4.83. The number of rotatable bonds is 7. The van der Waals surface area contributed by atoms with Gasteiger partial charge in [0.1, 0.15) is 18.1 Å². The maximum Gasteiger partial charge on any atom is 0.251 e. The summed E-state index contributed by atoms with van der Waals surface area (Å²) in [7, 11) is 1.58. The number of aromatic nitrogens is 1. The second-order valence-electron chi connectivity index (χ2n) is 5.71. The molecule has 132 valence electrons. The van der Waals surface area contributed by atoms with E-state index in [0.717, 1.165) is 16.9 Å². The maximum atomic E-state index is 12.2. The Balaban J connectivity index is 1.51. The van der Waals surface area contributed by atoms with Gasteiger partial charge in [-0.2, -0.15) is 0 Å². The summed E-state index contributed by atoms with van der Waals surface area (Å²) in [4.78, 5) is 16.3. The first-order valence-electron chi connectivity index (χ1n) is 8.27. The van der Waals surface area contributed by atoms with Gasteiger partial charge in [0.2, 0.25) is 0 Å². The lowest BCUT2D eigenvalue weighted by Gasteiger charge is -2.09. The fourth-order valence-corrected chi connectivity index (χ4v) is 2.40. The molecule has 0 saturated heterocycles. The van der Waals surface area contributed by atoms with Crippen LogP contribution in [0.25, 0.3) is 0 Å². The van der Waals surface area contributed by atoms with Gasteiger partial charge in [-0.3, -0.25) is 9.78 Å². The fourth-order valence-electron chi connectivity index (χ4n) is 2.40. The molecular weight excluding hydrogens is 328 g/mol. The Morgan fingerprint density at radius 2 is 1.85 bits per heavy atom. The molecule has 0 atom stereocenters.